The normalized spacial score (nSPS) is 10.5. The fourth-order valence-electron chi connectivity index (χ4n) is 2.46. The number of carbonyl (C=O) groups excluding carboxylic acids is 1. The van der Waals surface area contributed by atoms with Crippen LogP contribution in [0.3, 0.4) is 0 Å². The molecule has 104 valence electrons. The number of anilines is 1. The topological polar surface area (TPSA) is 52.3 Å². The lowest BCUT2D eigenvalue weighted by Crippen LogP contribution is -2.05. The van der Waals surface area contributed by atoms with Gasteiger partial charge in [-0.05, 0) is 22.9 Å². The first-order valence-electron chi connectivity index (χ1n) is 6.66. The van der Waals surface area contributed by atoms with Gasteiger partial charge in [0.05, 0.1) is 12.7 Å². The van der Waals surface area contributed by atoms with Crippen LogP contribution in [0.4, 0.5) is 5.69 Å². The molecule has 0 saturated carbocycles. The van der Waals surface area contributed by atoms with Gasteiger partial charge in [-0.15, -0.1) is 0 Å². The fourth-order valence-corrected chi connectivity index (χ4v) is 2.46. The van der Waals surface area contributed by atoms with Crippen molar-refractivity contribution in [3.63, 3.8) is 0 Å². The largest absolute Gasteiger partial charge is 0.496 e. The standard InChI is InChI=1S/C18H15NO2/c1-21-17-11-13(19)9-10-16(17)18(20)15-8-4-6-12-5-2-3-7-14(12)15/h2-11H,19H2,1H3. The van der Waals surface area contributed by atoms with Crippen LogP contribution in [0.25, 0.3) is 10.8 Å². The molecule has 3 aromatic rings. The van der Waals surface area contributed by atoms with Gasteiger partial charge in [0.15, 0.2) is 5.78 Å². The molecule has 0 spiro atoms. The third-order valence-corrected chi connectivity index (χ3v) is 3.50. The molecule has 3 heteroatoms. The number of rotatable bonds is 3. The number of hydrogen-bond acceptors (Lipinski definition) is 3. The van der Waals surface area contributed by atoms with Crippen molar-refractivity contribution in [1.82, 2.24) is 0 Å². The first-order valence-corrected chi connectivity index (χ1v) is 6.66. The van der Waals surface area contributed by atoms with Crippen LogP contribution in [-0.2, 0) is 0 Å². The Morgan fingerprint density at radius 2 is 1.71 bits per heavy atom. The third kappa shape index (κ3) is 2.34. The van der Waals surface area contributed by atoms with Gasteiger partial charge in [-0.3, -0.25) is 4.79 Å². The van der Waals surface area contributed by atoms with Gasteiger partial charge in [0.25, 0.3) is 0 Å². The highest BCUT2D eigenvalue weighted by molar-refractivity contribution is 6.17. The van der Waals surface area contributed by atoms with E-state index >= 15 is 0 Å². The number of nitrogen functional groups attached to an aromatic ring is 1. The minimum atomic E-state index is -0.0661. The van der Waals surface area contributed by atoms with Crippen LogP contribution in [0.15, 0.2) is 60.7 Å². The molecule has 3 rings (SSSR count). The van der Waals surface area contributed by atoms with Crippen LogP contribution < -0.4 is 10.5 Å². The average molecular weight is 277 g/mol. The summed E-state index contributed by atoms with van der Waals surface area (Å²) in [6.07, 6.45) is 0. The van der Waals surface area contributed by atoms with Gasteiger partial charge in [-0.1, -0.05) is 42.5 Å². The van der Waals surface area contributed by atoms with E-state index in [9.17, 15) is 4.79 Å². The van der Waals surface area contributed by atoms with E-state index in [1.807, 2.05) is 42.5 Å². The summed E-state index contributed by atoms with van der Waals surface area (Å²) in [4.78, 5) is 12.8. The Morgan fingerprint density at radius 1 is 0.952 bits per heavy atom. The summed E-state index contributed by atoms with van der Waals surface area (Å²) in [5.41, 5.74) is 7.49. The van der Waals surface area contributed by atoms with Gasteiger partial charge in [0, 0.05) is 17.3 Å². The minimum Gasteiger partial charge on any atom is -0.496 e. The Hall–Kier alpha value is -2.81. The predicted octanol–water partition coefficient (Wildman–Crippen LogP) is 3.66. The van der Waals surface area contributed by atoms with Crippen LogP contribution in [0.5, 0.6) is 5.75 Å². The average Bonchev–Trinajstić information content (AvgIpc) is 2.53. The molecule has 0 bridgehead atoms. The molecule has 0 fully saturated rings. The minimum absolute atomic E-state index is 0.0661. The summed E-state index contributed by atoms with van der Waals surface area (Å²) in [5.74, 6) is 0.427. The Morgan fingerprint density at radius 3 is 2.52 bits per heavy atom. The summed E-state index contributed by atoms with van der Waals surface area (Å²) < 4.78 is 5.28. The van der Waals surface area contributed by atoms with Crippen LogP contribution in [0, 0.1) is 0 Å². The number of benzene rings is 3. The zero-order valence-corrected chi connectivity index (χ0v) is 11.7. The molecule has 3 aromatic carbocycles. The molecule has 0 unspecified atom stereocenters. The summed E-state index contributed by atoms with van der Waals surface area (Å²) in [7, 11) is 1.54. The van der Waals surface area contributed by atoms with Crippen molar-refractivity contribution in [2.45, 2.75) is 0 Å². The van der Waals surface area contributed by atoms with E-state index in [2.05, 4.69) is 0 Å². The summed E-state index contributed by atoms with van der Waals surface area (Å²) in [5, 5.41) is 1.97. The molecule has 0 aromatic heterocycles. The Balaban J connectivity index is 2.17. The van der Waals surface area contributed by atoms with Gasteiger partial charge in [0.1, 0.15) is 5.75 Å². The highest BCUT2D eigenvalue weighted by atomic mass is 16.5. The maximum atomic E-state index is 12.8. The van der Waals surface area contributed by atoms with Crippen molar-refractivity contribution in [3.05, 3.63) is 71.8 Å². The summed E-state index contributed by atoms with van der Waals surface area (Å²) >= 11 is 0. The summed E-state index contributed by atoms with van der Waals surface area (Å²) in [6, 6.07) is 18.6. The monoisotopic (exact) mass is 277 g/mol. The van der Waals surface area contributed by atoms with E-state index < -0.39 is 0 Å². The smallest absolute Gasteiger partial charge is 0.197 e. The first kappa shape index (κ1) is 13.2. The highest BCUT2D eigenvalue weighted by Gasteiger charge is 2.16. The molecule has 0 radical (unpaired) electrons. The van der Waals surface area contributed by atoms with Crippen molar-refractivity contribution in [2.24, 2.45) is 0 Å². The molecule has 0 aliphatic carbocycles. The zero-order chi connectivity index (χ0) is 14.8. The molecular formula is C18H15NO2. The van der Waals surface area contributed by atoms with Crippen LogP contribution >= 0.6 is 0 Å². The maximum Gasteiger partial charge on any atom is 0.197 e. The molecule has 2 N–H and O–H groups in total. The highest BCUT2D eigenvalue weighted by Crippen LogP contribution is 2.27. The molecule has 0 atom stereocenters. The number of methoxy groups -OCH3 is 1. The number of ketones is 1. The molecule has 0 saturated heterocycles. The van der Waals surface area contributed by atoms with Crippen molar-refractivity contribution in [1.29, 1.82) is 0 Å². The summed E-state index contributed by atoms with van der Waals surface area (Å²) in [6.45, 7) is 0. The molecule has 0 aliphatic heterocycles. The van der Waals surface area contributed by atoms with E-state index in [1.54, 1.807) is 18.2 Å². The van der Waals surface area contributed by atoms with E-state index in [0.717, 1.165) is 10.8 Å². The fraction of sp³-hybridized carbons (Fsp3) is 0.0556. The van der Waals surface area contributed by atoms with Gasteiger partial charge < -0.3 is 10.5 Å². The van der Waals surface area contributed by atoms with Crippen molar-refractivity contribution in [3.8, 4) is 5.75 Å². The van der Waals surface area contributed by atoms with Gasteiger partial charge >= 0.3 is 0 Å². The second-order valence-electron chi connectivity index (χ2n) is 4.82. The molecule has 21 heavy (non-hydrogen) atoms. The molecule has 0 amide bonds. The number of ether oxygens (including phenoxy) is 1. The Kier molecular flexibility index (Phi) is 3.32. The van der Waals surface area contributed by atoms with Gasteiger partial charge in [-0.2, -0.15) is 0 Å². The molecule has 3 nitrogen and oxygen atoms in total. The van der Waals surface area contributed by atoms with Gasteiger partial charge in [-0.25, -0.2) is 0 Å². The number of nitrogens with two attached hydrogens (primary N) is 1. The Labute approximate surface area is 123 Å². The van der Waals surface area contributed by atoms with E-state index in [4.69, 9.17) is 10.5 Å². The second-order valence-corrected chi connectivity index (χ2v) is 4.82. The molecule has 0 aliphatic rings. The van der Waals surface area contributed by atoms with Crippen LogP contribution in [-0.4, -0.2) is 12.9 Å². The van der Waals surface area contributed by atoms with Crippen LogP contribution in [0.1, 0.15) is 15.9 Å². The third-order valence-electron chi connectivity index (χ3n) is 3.50. The van der Waals surface area contributed by atoms with Crippen LogP contribution in [0.2, 0.25) is 0 Å². The molecule has 0 heterocycles. The lowest BCUT2D eigenvalue weighted by atomic mass is 9.96. The molecular weight excluding hydrogens is 262 g/mol. The number of hydrogen-bond donors (Lipinski definition) is 1. The van der Waals surface area contributed by atoms with E-state index in [1.165, 1.54) is 7.11 Å². The maximum absolute atomic E-state index is 12.8. The Bertz CT molecular complexity index is 819. The SMILES string of the molecule is COc1cc(N)ccc1C(=O)c1cccc2ccccc12. The van der Waals surface area contributed by atoms with E-state index in [0.29, 0.717) is 22.6 Å². The lowest BCUT2D eigenvalue weighted by Gasteiger charge is -2.10. The van der Waals surface area contributed by atoms with Crippen molar-refractivity contribution < 1.29 is 9.53 Å². The lowest BCUT2D eigenvalue weighted by molar-refractivity contribution is 0.103. The zero-order valence-electron chi connectivity index (χ0n) is 11.7. The van der Waals surface area contributed by atoms with E-state index in [-0.39, 0.29) is 5.78 Å². The number of fused-ring (bicyclic) bond motifs is 1. The number of carbonyl (C=O) groups is 1. The first-order chi connectivity index (χ1) is 10.2. The van der Waals surface area contributed by atoms with Gasteiger partial charge in [0.2, 0.25) is 0 Å². The van der Waals surface area contributed by atoms with Crippen molar-refractivity contribution in [2.75, 3.05) is 12.8 Å². The van der Waals surface area contributed by atoms with Crippen molar-refractivity contribution >= 4 is 22.2 Å². The quantitative estimate of drug-likeness (QED) is 0.587. The predicted molar refractivity (Wildman–Crippen MR) is 84.8 cm³/mol. The second kappa shape index (κ2) is 5.29.